The van der Waals surface area contributed by atoms with Gasteiger partial charge >= 0.3 is 0 Å². The van der Waals surface area contributed by atoms with E-state index in [0.717, 1.165) is 6.07 Å². The number of carbonyl (C=O) groups is 1. The van der Waals surface area contributed by atoms with Crippen molar-refractivity contribution in [3.8, 4) is 0 Å². The van der Waals surface area contributed by atoms with E-state index in [1.54, 1.807) is 0 Å². The molecule has 0 bridgehead atoms. The van der Waals surface area contributed by atoms with Crippen LogP contribution in [0.2, 0.25) is 0 Å². The summed E-state index contributed by atoms with van der Waals surface area (Å²) in [5.74, 6) is -5.40. The first-order valence-electron chi connectivity index (χ1n) is 6.20. The van der Waals surface area contributed by atoms with Crippen molar-refractivity contribution >= 4 is 5.78 Å². The van der Waals surface area contributed by atoms with E-state index in [0.29, 0.717) is 6.42 Å². The van der Waals surface area contributed by atoms with Gasteiger partial charge < -0.3 is 0 Å². The molecule has 5 heteroatoms. The van der Waals surface area contributed by atoms with Gasteiger partial charge in [-0.15, -0.1) is 0 Å². The van der Waals surface area contributed by atoms with Crippen LogP contribution in [0.3, 0.4) is 0 Å². The smallest absolute Gasteiger partial charge is 0.248 e. The molecule has 1 aliphatic carbocycles. The lowest BCUT2D eigenvalue weighted by Crippen LogP contribution is -2.13. The number of alkyl halides is 2. The van der Waals surface area contributed by atoms with Crippen LogP contribution in [-0.4, -0.2) is 11.7 Å². The van der Waals surface area contributed by atoms with Crippen molar-refractivity contribution in [2.24, 2.45) is 5.92 Å². The van der Waals surface area contributed by atoms with Crippen molar-refractivity contribution < 1.29 is 22.4 Å². The zero-order chi connectivity index (χ0) is 14.0. The number of rotatable bonds is 4. The predicted molar refractivity (Wildman–Crippen MR) is 62.0 cm³/mol. The third-order valence-corrected chi connectivity index (χ3v) is 3.44. The normalized spacial score (nSPS) is 21.6. The van der Waals surface area contributed by atoms with Gasteiger partial charge in [0.05, 0.1) is 0 Å². The maximum absolute atomic E-state index is 13.4. The Labute approximate surface area is 108 Å². The number of halogens is 4. The lowest BCUT2D eigenvalue weighted by atomic mass is 9.97. The van der Waals surface area contributed by atoms with Crippen LogP contribution in [0.25, 0.3) is 0 Å². The van der Waals surface area contributed by atoms with Crippen molar-refractivity contribution in [2.75, 3.05) is 0 Å². The summed E-state index contributed by atoms with van der Waals surface area (Å²) < 4.78 is 52.2. The van der Waals surface area contributed by atoms with E-state index >= 15 is 0 Å². The Morgan fingerprint density at radius 3 is 2.68 bits per heavy atom. The molecule has 0 saturated heterocycles. The summed E-state index contributed by atoms with van der Waals surface area (Å²) in [5, 5.41) is 0. The molecule has 1 atom stereocenters. The lowest BCUT2D eigenvalue weighted by molar-refractivity contribution is -0.119. The molecule has 0 spiro atoms. The van der Waals surface area contributed by atoms with Crippen LogP contribution in [0.1, 0.15) is 31.2 Å². The van der Waals surface area contributed by atoms with Crippen molar-refractivity contribution in [3.05, 3.63) is 35.4 Å². The van der Waals surface area contributed by atoms with Gasteiger partial charge in [0.25, 0.3) is 0 Å². The van der Waals surface area contributed by atoms with Gasteiger partial charge in [-0.2, -0.15) is 0 Å². The first-order valence-corrected chi connectivity index (χ1v) is 6.20. The Hall–Kier alpha value is -1.39. The van der Waals surface area contributed by atoms with Gasteiger partial charge in [-0.1, -0.05) is 12.1 Å². The van der Waals surface area contributed by atoms with E-state index in [2.05, 4.69) is 0 Å². The molecule has 104 valence electrons. The van der Waals surface area contributed by atoms with Crippen LogP contribution < -0.4 is 0 Å². The molecular weight excluding hydrogens is 260 g/mol. The highest BCUT2D eigenvalue weighted by molar-refractivity contribution is 5.81. The first kappa shape index (κ1) is 14.0. The maximum atomic E-state index is 13.4. The average Bonchev–Trinajstić information content (AvgIpc) is 2.64. The zero-order valence-electron chi connectivity index (χ0n) is 10.3. The van der Waals surface area contributed by atoms with Crippen molar-refractivity contribution in [2.45, 2.75) is 38.0 Å². The topological polar surface area (TPSA) is 17.1 Å². The van der Waals surface area contributed by atoms with E-state index in [1.807, 2.05) is 0 Å². The Balaban J connectivity index is 1.93. The zero-order valence-corrected chi connectivity index (χ0v) is 10.3. The SMILES string of the molecule is O=C(Cc1cccc(F)c1F)CC1CCC(F)(F)C1. The standard InChI is InChI=1S/C14H14F4O/c15-12-3-1-2-10(13(12)16)7-11(19)6-9-4-5-14(17,18)8-9/h1-3,9H,4-8H2. The molecular formula is C14H14F4O. The minimum atomic E-state index is -2.69. The maximum Gasteiger partial charge on any atom is 0.248 e. The molecule has 1 nitrogen and oxygen atoms in total. The van der Waals surface area contributed by atoms with Crippen molar-refractivity contribution in [3.63, 3.8) is 0 Å². The molecule has 0 aliphatic heterocycles. The van der Waals surface area contributed by atoms with Gasteiger partial charge in [0.1, 0.15) is 5.78 Å². The molecule has 0 radical (unpaired) electrons. The number of benzene rings is 1. The van der Waals surface area contributed by atoms with Crippen LogP contribution in [0.5, 0.6) is 0 Å². The monoisotopic (exact) mass is 274 g/mol. The number of hydrogen-bond acceptors (Lipinski definition) is 1. The highest BCUT2D eigenvalue weighted by atomic mass is 19.3. The second-order valence-corrected chi connectivity index (χ2v) is 5.10. The van der Waals surface area contributed by atoms with E-state index in [1.165, 1.54) is 12.1 Å². The first-order chi connectivity index (χ1) is 8.87. The van der Waals surface area contributed by atoms with Crippen LogP contribution >= 0.6 is 0 Å². The van der Waals surface area contributed by atoms with Crippen molar-refractivity contribution in [1.82, 2.24) is 0 Å². The number of hydrogen-bond donors (Lipinski definition) is 0. The Bertz CT molecular complexity index is 484. The third kappa shape index (κ3) is 3.55. The fourth-order valence-electron chi connectivity index (χ4n) is 2.51. The van der Waals surface area contributed by atoms with Gasteiger partial charge in [0.2, 0.25) is 5.92 Å². The summed E-state index contributed by atoms with van der Waals surface area (Å²) >= 11 is 0. The Morgan fingerprint density at radius 2 is 2.05 bits per heavy atom. The van der Waals surface area contributed by atoms with E-state index in [4.69, 9.17) is 0 Å². The molecule has 1 saturated carbocycles. The summed E-state index contributed by atoms with van der Waals surface area (Å²) in [5.41, 5.74) is -0.0187. The molecule has 1 fully saturated rings. The Morgan fingerprint density at radius 1 is 1.32 bits per heavy atom. The largest absolute Gasteiger partial charge is 0.299 e. The number of ketones is 1. The van der Waals surface area contributed by atoms with Crippen LogP contribution in [-0.2, 0) is 11.2 Å². The molecule has 1 aromatic rings. The summed E-state index contributed by atoms with van der Waals surface area (Å²) in [6.07, 6.45) is -0.411. The van der Waals surface area contributed by atoms with Crippen molar-refractivity contribution in [1.29, 1.82) is 0 Å². The molecule has 0 amide bonds. The summed E-state index contributed by atoms with van der Waals surface area (Å²) in [6.45, 7) is 0. The number of carbonyl (C=O) groups excluding carboxylic acids is 1. The van der Waals surface area contributed by atoms with Gasteiger partial charge in [-0.25, -0.2) is 17.6 Å². The Kier molecular flexibility index (Phi) is 3.92. The van der Waals surface area contributed by atoms with Crippen LogP contribution in [0.4, 0.5) is 17.6 Å². The highest BCUT2D eigenvalue weighted by Crippen LogP contribution is 2.40. The molecule has 2 rings (SSSR count). The molecule has 1 aliphatic rings. The summed E-state index contributed by atoms with van der Waals surface area (Å²) in [4.78, 5) is 11.7. The third-order valence-electron chi connectivity index (χ3n) is 3.44. The molecule has 0 aromatic heterocycles. The minimum Gasteiger partial charge on any atom is -0.299 e. The minimum absolute atomic E-state index is 0.00550. The molecule has 1 aromatic carbocycles. The molecule has 0 heterocycles. The second-order valence-electron chi connectivity index (χ2n) is 5.10. The predicted octanol–water partition coefficient (Wildman–Crippen LogP) is 3.90. The van der Waals surface area contributed by atoms with E-state index in [-0.39, 0.29) is 42.9 Å². The highest BCUT2D eigenvalue weighted by Gasteiger charge is 2.39. The second kappa shape index (κ2) is 5.31. The van der Waals surface area contributed by atoms with E-state index < -0.39 is 17.6 Å². The van der Waals surface area contributed by atoms with Crippen LogP contribution in [0.15, 0.2) is 18.2 Å². The molecule has 0 N–H and O–H groups in total. The van der Waals surface area contributed by atoms with Gasteiger partial charge in [-0.05, 0) is 24.0 Å². The fourth-order valence-corrected chi connectivity index (χ4v) is 2.51. The fraction of sp³-hybridized carbons (Fsp3) is 0.500. The van der Waals surface area contributed by atoms with Gasteiger partial charge in [0, 0.05) is 25.7 Å². The molecule has 19 heavy (non-hydrogen) atoms. The van der Waals surface area contributed by atoms with Crippen LogP contribution in [0, 0.1) is 17.6 Å². The quantitative estimate of drug-likeness (QED) is 0.761. The number of Topliss-reactive ketones (excluding diaryl/α,β-unsaturated/α-hetero) is 1. The van der Waals surface area contributed by atoms with Gasteiger partial charge in [-0.3, -0.25) is 4.79 Å². The van der Waals surface area contributed by atoms with Gasteiger partial charge in [0.15, 0.2) is 11.6 Å². The summed E-state index contributed by atoms with van der Waals surface area (Å²) in [7, 11) is 0. The molecule has 1 unspecified atom stereocenters. The summed E-state index contributed by atoms with van der Waals surface area (Å²) in [6, 6.07) is 3.63. The lowest BCUT2D eigenvalue weighted by Gasteiger charge is -2.10. The van der Waals surface area contributed by atoms with E-state index in [9.17, 15) is 22.4 Å². The average molecular weight is 274 g/mol.